The number of aliphatic carboxylic acids is 1. The van der Waals surface area contributed by atoms with Crippen LogP contribution in [0.15, 0.2) is 120 Å². The summed E-state index contributed by atoms with van der Waals surface area (Å²) in [6.07, 6.45) is 21.4. The molecule has 0 saturated heterocycles. The summed E-state index contributed by atoms with van der Waals surface area (Å²) in [6, 6.07) is 15.5. The van der Waals surface area contributed by atoms with E-state index < -0.39 is 5.97 Å². The molecular weight excluding hydrogens is 602 g/mol. The number of nitrogens with zero attached hydrogens (tertiary/aromatic N) is 2. The van der Waals surface area contributed by atoms with Gasteiger partial charge < -0.3 is 15.3 Å². The number of benzene rings is 2. The summed E-state index contributed by atoms with van der Waals surface area (Å²) in [5, 5.41) is 13.1. The van der Waals surface area contributed by atoms with E-state index in [4.69, 9.17) is 21.7 Å². The van der Waals surface area contributed by atoms with Gasteiger partial charge in [0.25, 0.3) is 5.91 Å². The van der Waals surface area contributed by atoms with Crippen LogP contribution < -0.4 is 10.2 Å². The van der Waals surface area contributed by atoms with Gasteiger partial charge in [0.2, 0.25) is 0 Å². The van der Waals surface area contributed by atoms with Crippen molar-refractivity contribution >= 4 is 45.5 Å². The normalized spacial score (nSPS) is 16.7. The highest BCUT2D eigenvalue weighted by Gasteiger charge is 2.31. The van der Waals surface area contributed by atoms with Crippen LogP contribution in [0.3, 0.4) is 0 Å². The molecule has 0 aliphatic heterocycles. The van der Waals surface area contributed by atoms with Crippen molar-refractivity contribution in [3.8, 4) is 11.3 Å². The molecule has 0 saturated carbocycles. The van der Waals surface area contributed by atoms with E-state index in [1.165, 1.54) is 11.1 Å². The van der Waals surface area contributed by atoms with Crippen molar-refractivity contribution in [2.24, 2.45) is 0 Å². The van der Waals surface area contributed by atoms with Crippen LogP contribution in [0.2, 0.25) is 5.02 Å². The molecule has 1 aromatic heterocycles. The first-order valence-corrected chi connectivity index (χ1v) is 16.1. The Kier molecular flexibility index (Phi) is 9.41. The van der Waals surface area contributed by atoms with E-state index >= 15 is 0 Å². The molecule has 3 aliphatic rings. The highest BCUT2D eigenvalue weighted by atomic mass is 35.5. The molecule has 1 amide bonds. The molecule has 3 aliphatic carbocycles. The topological polar surface area (TPSA) is 82.5 Å². The SMILES string of the molecule is O=C(O)CCNC(=O)c1ccc(CN(c2nc(-c3ccc(Cl)cc3)c(C3=C=CC=CC=C3)s2)C2CC3=C(CC=CC=C3)C2)cc1. The van der Waals surface area contributed by atoms with Crippen LogP contribution in [0.4, 0.5) is 5.13 Å². The van der Waals surface area contributed by atoms with E-state index in [0.717, 1.165) is 51.7 Å². The predicted molar refractivity (Wildman–Crippen MR) is 182 cm³/mol. The van der Waals surface area contributed by atoms with E-state index in [9.17, 15) is 9.59 Å². The maximum atomic E-state index is 12.6. The Morgan fingerprint density at radius 3 is 2.60 bits per heavy atom. The lowest BCUT2D eigenvalue weighted by Gasteiger charge is -2.29. The van der Waals surface area contributed by atoms with Gasteiger partial charge in [-0.25, -0.2) is 4.98 Å². The average molecular weight is 634 g/mol. The summed E-state index contributed by atoms with van der Waals surface area (Å²) in [5.74, 6) is -1.23. The Hall–Kier alpha value is -4.68. The zero-order chi connectivity index (χ0) is 31.2. The first-order chi connectivity index (χ1) is 21.9. The Morgan fingerprint density at radius 1 is 1.00 bits per heavy atom. The largest absolute Gasteiger partial charge is 0.481 e. The van der Waals surface area contributed by atoms with E-state index in [1.807, 2.05) is 60.7 Å². The number of carboxylic acid groups (broad SMARTS) is 1. The molecule has 0 spiro atoms. The number of hydrogen-bond donors (Lipinski definition) is 2. The molecule has 226 valence electrons. The van der Waals surface area contributed by atoms with Gasteiger partial charge in [-0.3, -0.25) is 9.59 Å². The number of carbonyl (C=O) groups is 2. The summed E-state index contributed by atoms with van der Waals surface area (Å²) < 4.78 is 0. The minimum atomic E-state index is -0.945. The number of nitrogens with one attached hydrogen (secondary N) is 1. The molecule has 0 fully saturated rings. The molecule has 6 rings (SSSR count). The van der Waals surface area contributed by atoms with Crippen molar-refractivity contribution in [2.75, 3.05) is 11.4 Å². The van der Waals surface area contributed by atoms with Gasteiger partial charge in [-0.05, 0) is 66.8 Å². The van der Waals surface area contributed by atoms with Gasteiger partial charge in [-0.1, -0.05) is 95.3 Å². The number of carboxylic acids is 1. The number of halogens is 1. The Labute approximate surface area is 271 Å². The van der Waals surface area contributed by atoms with Crippen LogP contribution in [0.5, 0.6) is 0 Å². The molecule has 3 aromatic rings. The molecule has 2 aromatic carbocycles. The summed E-state index contributed by atoms with van der Waals surface area (Å²) in [4.78, 5) is 32.1. The van der Waals surface area contributed by atoms with Gasteiger partial charge in [-0.15, -0.1) is 5.73 Å². The first kappa shape index (κ1) is 30.4. The lowest BCUT2D eigenvalue weighted by molar-refractivity contribution is -0.136. The van der Waals surface area contributed by atoms with Crippen molar-refractivity contribution in [1.29, 1.82) is 0 Å². The summed E-state index contributed by atoms with van der Waals surface area (Å²) in [7, 11) is 0. The number of rotatable bonds is 10. The molecule has 2 N–H and O–H groups in total. The highest BCUT2D eigenvalue weighted by molar-refractivity contribution is 7.17. The van der Waals surface area contributed by atoms with Crippen LogP contribution in [0.1, 0.15) is 46.5 Å². The standard InChI is InChI=1S/C37H32ClN3O3S/c38-31-18-16-26(17-19-31)34-35(27-8-4-1-2-5-9-27)45-37(40-34)41(32-22-29-10-6-3-7-11-30(29)23-32)24-25-12-14-28(15-13-25)36(44)39-21-20-33(42)43/h1-8,10,12-19,32H,11,20-24H2,(H,39,44)(H,42,43). The van der Waals surface area contributed by atoms with Gasteiger partial charge in [0, 0.05) is 40.9 Å². The average Bonchev–Trinajstić information content (AvgIpc) is 3.45. The lowest BCUT2D eigenvalue weighted by Crippen LogP contribution is -2.33. The van der Waals surface area contributed by atoms with Crippen molar-refractivity contribution in [1.82, 2.24) is 10.3 Å². The monoisotopic (exact) mass is 633 g/mol. The van der Waals surface area contributed by atoms with Crippen molar-refractivity contribution in [3.05, 3.63) is 141 Å². The number of aromatic nitrogens is 1. The van der Waals surface area contributed by atoms with Gasteiger partial charge >= 0.3 is 5.97 Å². The van der Waals surface area contributed by atoms with Crippen LogP contribution >= 0.6 is 22.9 Å². The van der Waals surface area contributed by atoms with Crippen molar-refractivity contribution < 1.29 is 14.7 Å². The smallest absolute Gasteiger partial charge is 0.305 e. The number of hydrogen-bond acceptors (Lipinski definition) is 5. The van der Waals surface area contributed by atoms with Crippen LogP contribution in [-0.4, -0.2) is 34.6 Å². The molecule has 8 heteroatoms. The van der Waals surface area contributed by atoms with Gasteiger partial charge in [0.15, 0.2) is 5.13 Å². The molecule has 1 atom stereocenters. The Bertz CT molecular complexity index is 1820. The lowest BCUT2D eigenvalue weighted by atomic mass is 10.1. The molecular formula is C37H32ClN3O3S. The second kappa shape index (κ2) is 14.0. The van der Waals surface area contributed by atoms with E-state index in [-0.39, 0.29) is 24.9 Å². The third-order valence-corrected chi connectivity index (χ3v) is 9.36. The third kappa shape index (κ3) is 7.35. The van der Waals surface area contributed by atoms with Gasteiger partial charge in [0.05, 0.1) is 17.0 Å². The van der Waals surface area contributed by atoms with Crippen molar-refractivity contribution in [3.63, 3.8) is 0 Å². The number of anilines is 1. The summed E-state index contributed by atoms with van der Waals surface area (Å²) >= 11 is 7.92. The molecule has 1 heterocycles. The quantitative estimate of drug-likeness (QED) is 0.219. The number of amides is 1. The maximum Gasteiger partial charge on any atom is 0.305 e. The van der Waals surface area contributed by atoms with E-state index in [0.29, 0.717) is 17.1 Å². The zero-order valence-electron chi connectivity index (χ0n) is 24.6. The molecule has 1 unspecified atom stereocenters. The van der Waals surface area contributed by atoms with Crippen LogP contribution in [0.25, 0.3) is 16.8 Å². The highest BCUT2D eigenvalue weighted by Crippen LogP contribution is 2.43. The number of thiazole rings is 1. The third-order valence-electron chi connectivity index (χ3n) is 7.98. The zero-order valence-corrected chi connectivity index (χ0v) is 26.2. The maximum absolute atomic E-state index is 12.6. The predicted octanol–water partition coefficient (Wildman–Crippen LogP) is 8.31. The second-order valence-corrected chi connectivity index (χ2v) is 12.5. The second-order valence-electron chi connectivity index (χ2n) is 11.1. The van der Waals surface area contributed by atoms with E-state index in [1.54, 1.807) is 23.5 Å². The van der Waals surface area contributed by atoms with Gasteiger partial charge in [0.1, 0.15) is 0 Å². The Balaban J connectivity index is 1.35. The van der Waals surface area contributed by atoms with Crippen molar-refractivity contribution in [2.45, 2.75) is 38.3 Å². The minimum Gasteiger partial charge on any atom is -0.481 e. The Morgan fingerprint density at radius 2 is 1.80 bits per heavy atom. The van der Waals surface area contributed by atoms with Crippen LogP contribution in [-0.2, 0) is 11.3 Å². The summed E-state index contributed by atoms with van der Waals surface area (Å²) in [6.45, 7) is 0.705. The minimum absolute atomic E-state index is 0.0892. The number of carbonyl (C=O) groups excluding carboxylic acids is 1. The fourth-order valence-electron chi connectivity index (χ4n) is 5.68. The molecule has 6 nitrogen and oxygen atoms in total. The number of allylic oxidation sites excluding steroid dienone is 9. The molecule has 45 heavy (non-hydrogen) atoms. The summed E-state index contributed by atoms with van der Waals surface area (Å²) in [5.41, 5.74) is 10.7. The fourth-order valence-corrected chi connectivity index (χ4v) is 6.95. The fraction of sp³-hybridized carbons (Fsp3) is 0.189. The molecule has 0 radical (unpaired) electrons. The van der Waals surface area contributed by atoms with Gasteiger partial charge in [-0.2, -0.15) is 0 Å². The first-order valence-electron chi connectivity index (χ1n) is 14.9. The van der Waals surface area contributed by atoms with Crippen LogP contribution in [0, 0.1) is 0 Å². The molecule has 0 bridgehead atoms. The van der Waals surface area contributed by atoms with E-state index in [2.05, 4.69) is 46.3 Å².